The van der Waals surface area contributed by atoms with Crippen LogP contribution >= 0.6 is 0 Å². The van der Waals surface area contributed by atoms with Gasteiger partial charge in [-0.1, -0.05) is 0 Å². The van der Waals surface area contributed by atoms with Crippen molar-refractivity contribution in [3.05, 3.63) is 29.8 Å². The fraction of sp³-hybridized carbons (Fsp3) is 0.455. The summed E-state index contributed by atoms with van der Waals surface area (Å²) in [5.41, 5.74) is -0.0923. The van der Waals surface area contributed by atoms with Crippen molar-refractivity contribution >= 4 is 6.09 Å². The van der Waals surface area contributed by atoms with Gasteiger partial charge in [0.1, 0.15) is 11.4 Å². The van der Waals surface area contributed by atoms with Gasteiger partial charge >= 0.3 is 6.09 Å². The Morgan fingerprint density at radius 3 is 2.81 bits per heavy atom. The first-order valence-electron chi connectivity index (χ1n) is 4.94. The van der Waals surface area contributed by atoms with Crippen LogP contribution in [0, 0.1) is 5.82 Å². The quantitative estimate of drug-likeness (QED) is 0.841. The summed E-state index contributed by atoms with van der Waals surface area (Å²) in [7, 11) is 0. The number of pyridine rings is 1. The van der Waals surface area contributed by atoms with Crippen molar-refractivity contribution in [2.45, 2.75) is 32.9 Å². The van der Waals surface area contributed by atoms with E-state index >= 15 is 0 Å². The smallest absolute Gasteiger partial charge is 0.407 e. The monoisotopic (exact) mass is 226 g/mol. The number of hydrogen-bond donors (Lipinski definition) is 1. The number of halogens is 1. The van der Waals surface area contributed by atoms with Crippen molar-refractivity contribution < 1.29 is 13.9 Å². The lowest BCUT2D eigenvalue weighted by molar-refractivity contribution is 0.0523. The number of carbonyl (C=O) groups excluding carboxylic acids is 1. The second kappa shape index (κ2) is 4.92. The van der Waals surface area contributed by atoms with Crippen molar-refractivity contribution in [3.8, 4) is 0 Å². The molecule has 1 heterocycles. The second-order valence-corrected chi connectivity index (χ2v) is 4.32. The van der Waals surface area contributed by atoms with Gasteiger partial charge < -0.3 is 10.1 Å². The Bertz CT molecular complexity index is 374. The molecule has 0 aromatic carbocycles. The average molecular weight is 226 g/mol. The molecule has 0 bridgehead atoms. The van der Waals surface area contributed by atoms with Crippen LogP contribution in [0.2, 0.25) is 0 Å². The topological polar surface area (TPSA) is 51.2 Å². The fourth-order valence-corrected chi connectivity index (χ4v) is 1.02. The van der Waals surface area contributed by atoms with E-state index in [9.17, 15) is 9.18 Å². The number of amides is 1. The fourth-order valence-electron chi connectivity index (χ4n) is 1.02. The van der Waals surface area contributed by atoms with E-state index in [-0.39, 0.29) is 12.4 Å². The zero-order chi connectivity index (χ0) is 12.2. The number of aromatic nitrogens is 1. The van der Waals surface area contributed by atoms with Crippen LogP contribution < -0.4 is 5.32 Å². The summed E-state index contributed by atoms with van der Waals surface area (Å²) < 4.78 is 17.8. The Morgan fingerprint density at radius 2 is 2.25 bits per heavy atom. The summed E-state index contributed by atoms with van der Waals surface area (Å²) >= 11 is 0. The number of carbonyl (C=O) groups is 1. The van der Waals surface area contributed by atoms with Gasteiger partial charge in [-0.05, 0) is 32.9 Å². The lowest BCUT2D eigenvalue weighted by Gasteiger charge is -2.19. The first kappa shape index (κ1) is 12.4. The molecular formula is C11H15FN2O2. The van der Waals surface area contributed by atoms with Crippen LogP contribution in [0.5, 0.6) is 0 Å². The maximum absolute atomic E-state index is 12.8. The molecule has 0 aliphatic rings. The van der Waals surface area contributed by atoms with Crippen LogP contribution in [-0.4, -0.2) is 16.7 Å². The summed E-state index contributed by atoms with van der Waals surface area (Å²) in [6, 6.07) is 2.51. The molecule has 0 radical (unpaired) electrons. The molecule has 0 aliphatic carbocycles. The second-order valence-electron chi connectivity index (χ2n) is 4.32. The van der Waals surface area contributed by atoms with Gasteiger partial charge in [0.15, 0.2) is 0 Å². The van der Waals surface area contributed by atoms with Crippen molar-refractivity contribution in [2.75, 3.05) is 0 Å². The Labute approximate surface area is 93.8 Å². The molecule has 0 saturated heterocycles. The minimum Gasteiger partial charge on any atom is -0.444 e. The Kier molecular flexibility index (Phi) is 3.82. The van der Waals surface area contributed by atoms with Gasteiger partial charge in [-0.25, -0.2) is 9.18 Å². The highest BCUT2D eigenvalue weighted by Crippen LogP contribution is 2.06. The maximum atomic E-state index is 12.8. The van der Waals surface area contributed by atoms with E-state index < -0.39 is 11.7 Å². The summed E-state index contributed by atoms with van der Waals surface area (Å²) in [6.07, 6.45) is 0.806. The van der Waals surface area contributed by atoms with Crippen LogP contribution in [0.15, 0.2) is 18.3 Å². The molecular weight excluding hydrogens is 211 g/mol. The lowest BCUT2D eigenvalue weighted by Crippen LogP contribution is -2.32. The van der Waals surface area contributed by atoms with Crippen molar-refractivity contribution in [1.82, 2.24) is 10.3 Å². The van der Waals surface area contributed by atoms with Crippen LogP contribution in [0.4, 0.5) is 9.18 Å². The van der Waals surface area contributed by atoms with Gasteiger partial charge in [-0.2, -0.15) is 0 Å². The van der Waals surface area contributed by atoms with E-state index in [1.54, 1.807) is 20.8 Å². The Morgan fingerprint density at radius 1 is 1.56 bits per heavy atom. The van der Waals surface area contributed by atoms with Gasteiger partial charge in [0.05, 0.1) is 12.2 Å². The molecule has 1 amide bonds. The number of alkyl carbamates (subject to hydrolysis) is 1. The van der Waals surface area contributed by atoms with E-state index in [1.807, 2.05) is 0 Å². The highest BCUT2D eigenvalue weighted by atomic mass is 19.1. The maximum Gasteiger partial charge on any atom is 0.407 e. The zero-order valence-electron chi connectivity index (χ0n) is 9.58. The SMILES string of the molecule is CC(C)(C)OC(=O)NCc1cc(F)ccn1. The first-order valence-corrected chi connectivity index (χ1v) is 4.94. The molecule has 0 aliphatic heterocycles. The van der Waals surface area contributed by atoms with E-state index in [0.29, 0.717) is 5.69 Å². The van der Waals surface area contributed by atoms with Crippen molar-refractivity contribution in [3.63, 3.8) is 0 Å². The molecule has 16 heavy (non-hydrogen) atoms. The van der Waals surface area contributed by atoms with E-state index in [4.69, 9.17) is 4.74 Å². The van der Waals surface area contributed by atoms with E-state index in [0.717, 1.165) is 0 Å². The van der Waals surface area contributed by atoms with Gasteiger partial charge in [-0.3, -0.25) is 4.98 Å². The summed E-state index contributed by atoms with van der Waals surface area (Å²) in [4.78, 5) is 15.2. The lowest BCUT2D eigenvalue weighted by atomic mass is 10.2. The van der Waals surface area contributed by atoms with Crippen molar-refractivity contribution in [1.29, 1.82) is 0 Å². The van der Waals surface area contributed by atoms with Gasteiger partial charge in [0, 0.05) is 6.20 Å². The highest BCUT2D eigenvalue weighted by molar-refractivity contribution is 5.67. The highest BCUT2D eigenvalue weighted by Gasteiger charge is 2.15. The number of hydrogen-bond acceptors (Lipinski definition) is 3. The predicted molar refractivity (Wildman–Crippen MR) is 57.3 cm³/mol. The molecule has 1 aromatic heterocycles. The van der Waals surface area contributed by atoms with Gasteiger partial charge in [-0.15, -0.1) is 0 Å². The summed E-state index contributed by atoms with van der Waals surface area (Å²) in [6.45, 7) is 5.46. The largest absolute Gasteiger partial charge is 0.444 e. The molecule has 0 saturated carbocycles. The molecule has 0 atom stereocenters. The summed E-state index contributed by atoms with van der Waals surface area (Å²) in [5.74, 6) is -0.379. The van der Waals surface area contributed by atoms with Gasteiger partial charge in [0.25, 0.3) is 0 Å². The number of nitrogens with zero attached hydrogens (tertiary/aromatic N) is 1. The summed E-state index contributed by atoms with van der Waals surface area (Å²) in [5, 5.41) is 2.49. The van der Waals surface area contributed by atoms with Crippen molar-refractivity contribution in [2.24, 2.45) is 0 Å². The standard InChI is InChI=1S/C11H15FN2O2/c1-11(2,3)16-10(15)14-7-9-6-8(12)4-5-13-9/h4-6H,7H2,1-3H3,(H,14,15). The van der Waals surface area contributed by atoms with Gasteiger partial charge in [0.2, 0.25) is 0 Å². The molecule has 0 unspecified atom stereocenters. The first-order chi connectivity index (χ1) is 7.37. The minimum atomic E-state index is -0.543. The van der Waals surface area contributed by atoms with Crippen LogP contribution in [-0.2, 0) is 11.3 Å². The van der Waals surface area contributed by atoms with E-state index in [2.05, 4.69) is 10.3 Å². The Hall–Kier alpha value is -1.65. The molecule has 4 nitrogen and oxygen atoms in total. The third-order valence-corrected chi connectivity index (χ3v) is 1.59. The number of ether oxygens (including phenoxy) is 1. The molecule has 5 heteroatoms. The average Bonchev–Trinajstić information content (AvgIpc) is 2.12. The molecule has 1 N–H and O–H groups in total. The minimum absolute atomic E-state index is 0.146. The van der Waals surface area contributed by atoms with Crippen LogP contribution in [0.25, 0.3) is 0 Å². The Balaban J connectivity index is 2.43. The molecule has 0 spiro atoms. The third-order valence-electron chi connectivity index (χ3n) is 1.59. The normalized spacial score (nSPS) is 11.0. The third kappa shape index (κ3) is 4.72. The number of nitrogens with one attached hydrogen (secondary N) is 1. The van der Waals surface area contributed by atoms with E-state index in [1.165, 1.54) is 18.3 Å². The number of rotatable bonds is 2. The zero-order valence-corrected chi connectivity index (χ0v) is 9.58. The molecule has 88 valence electrons. The molecule has 1 aromatic rings. The van der Waals surface area contributed by atoms with Crippen LogP contribution in [0.1, 0.15) is 26.5 Å². The molecule has 1 rings (SSSR count). The molecule has 0 fully saturated rings. The predicted octanol–water partition coefficient (Wildman–Crippen LogP) is 2.25. The van der Waals surface area contributed by atoms with Crippen LogP contribution in [0.3, 0.4) is 0 Å².